The molecule has 0 aromatic rings. The summed E-state index contributed by atoms with van der Waals surface area (Å²) in [6, 6.07) is -1.22. The van der Waals surface area contributed by atoms with Crippen molar-refractivity contribution in [2.24, 2.45) is 46.3 Å². The molecule has 4 amide bonds. The van der Waals surface area contributed by atoms with E-state index in [0.717, 1.165) is 19.3 Å². The number of rotatable bonds is 7. The zero-order chi connectivity index (χ0) is 29.5. The first-order valence-corrected chi connectivity index (χ1v) is 14.9. The molecule has 224 valence electrons. The Morgan fingerprint density at radius 1 is 1.10 bits per heavy atom. The van der Waals surface area contributed by atoms with Crippen LogP contribution >= 0.6 is 0 Å². The third kappa shape index (κ3) is 4.77. The lowest BCUT2D eigenvalue weighted by atomic mass is 9.47. The molecule has 2 saturated heterocycles. The highest BCUT2D eigenvalue weighted by molar-refractivity contribution is 5.95. The summed E-state index contributed by atoms with van der Waals surface area (Å²) in [5, 5.41) is 17.3. The molecule has 7 rings (SSSR count). The normalized spacial score (nSPS) is 39.4. The van der Waals surface area contributed by atoms with Gasteiger partial charge in [0.05, 0.1) is 6.07 Å². The Labute approximate surface area is 237 Å². The number of alkyl halides is 3. The molecular formula is C29H38F3N5O4. The number of nitriles is 1. The molecule has 7 aliphatic rings. The Hall–Kier alpha value is -2.84. The van der Waals surface area contributed by atoms with Crippen LogP contribution in [0.3, 0.4) is 0 Å². The van der Waals surface area contributed by atoms with E-state index in [0.29, 0.717) is 50.0 Å². The van der Waals surface area contributed by atoms with Crippen LogP contribution < -0.4 is 16.0 Å². The fourth-order valence-corrected chi connectivity index (χ4v) is 9.76. The van der Waals surface area contributed by atoms with Crippen LogP contribution in [0.15, 0.2) is 0 Å². The van der Waals surface area contributed by atoms with E-state index >= 15 is 0 Å². The Morgan fingerprint density at radius 2 is 1.71 bits per heavy atom. The molecule has 6 atom stereocenters. The molecule has 41 heavy (non-hydrogen) atoms. The van der Waals surface area contributed by atoms with Gasteiger partial charge in [0.2, 0.25) is 17.7 Å². The fourth-order valence-electron chi connectivity index (χ4n) is 9.76. The van der Waals surface area contributed by atoms with Gasteiger partial charge in [-0.3, -0.25) is 19.2 Å². The van der Waals surface area contributed by atoms with Crippen LogP contribution in [0.2, 0.25) is 0 Å². The predicted octanol–water partition coefficient (Wildman–Crippen LogP) is 2.27. The molecule has 4 bridgehead atoms. The molecule has 6 unspecified atom stereocenters. The third-order valence-corrected chi connectivity index (χ3v) is 11.4. The van der Waals surface area contributed by atoms with Crippen molar-refractivity contribution >= 4 is 23.6 Å². The van der Waals surface area contributed by atoms with Crippen molar-refractivity contribution in [3.63, 3.8) is 0 Å². The van der Waals surface area contributed by atoms with Gasteiger partial charge in [-0.05, 0) is 86.4 Å². The summed E-state index contributed by atoms with van der Waals surface area (Å²) in [6.45, 7) is 4.71. The zero-order valence-corrected chi connectivity index (χ0v) is 23.4. The lowest BCUT2D eigenvalue weighted by Crippen LogP contribution is -2.65. The average molecular weight is 578 g/mol. The maximum Gasteiger partial charge on any atom is 0.471 e. The summed E-state index contributed by atoms with van der Waals surface area (Å²) >= 11 is 0. The van der Waals surface area contributed by atoms with E-state index in [1.807, 2.05) is 13.8 Å². The highest BCUT2D eigenvalue weighted by atomic mass is 19.4. The van der Waals surface area contributed by atoms with Crippen LogP contribution in [-0.4, -0.2) is 65.9 Å². The smallest absolute Gasteiger partial charge is 0.356 e. The number of piperidine rings is 1. The molecule has 3 N–H and O–H groups in total. The summed E-state index contributed by atoms with van der Waals surface area (Å²) in [7, 11) is 0. The summed E-state index contributed by atoms with van der Waals surface area (Å²) in [4.78, 5) is 53.8. The van der Waals surface area contributed by atoms with Gasteiger partial charge in [-0.2, -0.15) is 18.4 Å². The van der Waals surface area contributed by atoms with Gasteiger partial charge in [-0.1, -0.05) is 13.8 Å². The van der Waals surface area contributed by atoms with Gasteiger partial charge in [-0.15, -0.1) is 0 Å². The van der Waals surface area contributed by atoms with E-state index in [2.05, 4.69) is 22.0 Å². The molecule has 2 aliphatic heterocycles. The first-order valence-electron chi connectivity index (χ1n) is 14.9. The van der Waals surface area contributed by atoms with Crippen molar-refractivity contribution in [2.45, 2.75) is 89.5 Å². The number of halogens is 3. The van der Waals surface area contributed by atoms with Crippen LogP contribution in [0, 0.1) is 57.7 Å². The van der Waals surface area contributed by atoms with Gasteiger partial charge in [0.1, 0.15) is 18.1 Å². The minimum Gasteiger partial charge on any atom is -0.356 e. The van der Waals surface area contributed by atoms with Gasteiger partial charge >= 0.3 is 12.1 Å². The zero-order valence-electron chi connectivity index (χ0n) is 23.4. The Bertz CT molecular complexity index is 1160. The SMILES string of the molecule is CC1(C)C2CN(C(=O)C(NC(=O)C(F)(F)F)C34CC5CC(CC(C5)C3)C4)C(C(=O)NC(C#N)CC3CCNC3=O)C21. The maximum absolute atomic E-state index is 14.3. The van der Waals surface area contributed by atoms with Gasteiger partial charge in [0.25, 0.3) is 0 Å². The number of likely N-dealkylation sites (tertiary alicyclic amines) is 1. The van der Waals surface area contributed by atoms with Crippen molar-refractivity contribution in [1.82, 2.24) is 20.9 Å². The number of nitrogens with one attached hydrogen (secondary N) is 3. The van der Waals surface area contributed by atoms with E-state index in [4.69, 9.17) is 0 Å². The predicted molar refractivity (Wildman–Crippen MR) is 138 cm³/mol. The number of carbonyl (C=O) groups excluding carboxylic acids is 4. The maximum atomic E-state index is 14.3. The summed E-state index contributed by atoms with van der Waals surface area (Å²) in [5.41, 5.74) is -1.02. The Balaban J connectivity index is 1.27. The second kappa shape index (κ2) is 9.60. The highest BCUT2D eigenvalue weighted by Gasteiger charge is 2.70. The van der Waals surface area contributed by atoms with E-state index in [1.54, 1.807) is 0 Å². The van der Waals surface area contributed by atoms with Crippen LogP contribution in [0.5, 0.6) is 0 Å². The molecule has 0 aromatic heterocycles. The molecular weight excluding hydrogens is 539 g/mol. The van der Waals surface area contributed by atoms with Crippen LogP contribution in [0.25, 0.3) is 0 Å². The minimum absolute atomic E-state index is 0.0151. The van der Waals surface area contributed by atoms with Crippen LogP contribution in [-0.2, 0) is 19.2 Å². The number of hydrogen-bond donors (Lipinski definition) is 3. The van der Waals surface area contributed by atoms with Crippen molar-refractivity contribution in [1.29, 1.82) is 5.26 Å². The lowest BCUT2D eigenvalue weighted by Gasteiger charge is -2.59. The molecule has 0 spiro atoms. The third-order valence-electron chi connectivity index (χ3n) is 11.4. The number of fused-ring (bicyclic) bond motifs is 1. The number of amides is 4. The largest absolute Gasteiger partial charge is 0.471 e. The molecule has 0 radical (unpaired) electrons. The number of nitrogens with zero attached hydrogens (tertiary/aromatic N) is 2. The number of hydrogen-bond acceptors (Lipinski definition) is 5. The molecule has 7 fully saturated rings. The second-order valence-corrected chi connectivity index (χ2v) is 14.3. The molecule has 9 nitrogen and oxygen atoms in total. The molecule has 5 saturated carbocycles. The Kier molecular flexibility index (Phi) is 6.62. The monoisotopic (exact) mass is 577 g/mol. The van der Waals surface area contributed by atoms with E-state index in [-0.39, 0.29) is 36.1 Å². The van der Waals surface area contributed by atoms with E-state index in [9.17, 15) is 37.6 Å². The topological polar surface area (TPSA) is 131 Å². The number of carbonyl (C=O) groups is 4. The van der Waals surface area contributed by atoms with Crippen molar-refractivity contribution in [2.75, 3.05) is 13.1 Å². The van der Waals surface area contributed by atoms with Gasteiger partial charge in [0.15, 0.2) is 0 Å². The first-order chi connectivity index (χ1) is 19.2. The molecule has 2 heterocycles. The summed E-state index contributed by atoms with van der Waals surface area (Å²) < 4.78 is 40.5. The van der Waals surface area contributed by atoms with Crippen molar-refractivity contribution in [3.05, 3.63) is 0 Å². The van der Waals surface area contributed by atoms with Gasteiger partial charge in [-0.25, -0.2) is 0 Å². The first kappa shape index (κ1) is 28.3. The molecule has 0 aromatic carbocycles. The average Bonchev–Trinajstić information content (AvgIpc) is 3.23. The lowest BCUT2D eigenvalue weighted by molar-refractivity contribution is -0.179. The van der Waals surface area contributed by atoms with Crippen LogP contribution in [0.4, 0.5) is 13.2 Å². The van der Waals surface area contributed by atoms with Crippen molar-refractivity contribution < 1.29 is 32.3 Å². The Morgan fingerprint density at radius 3 is 2.22 bits per heavy atom. The standard InChI is InChI=1S/C29H38F3N5O4/c1-27(2)19-13-37(21(20(19)27)24(39)35-18(12-33)8-17-3-4-34-23(17)38)25(40)22(36-26(41)29(30,31)32)28-9-14-5-15(10-28)7-16(6-14)11-28/h14-22H,3-11,13H2,1-2H3,(H,34,38)(H,35,39)(H,36,41). The van der Waals surface area contributed by atoms with Crippen LogP contribution in [0.1, 0.15) is 65.2 Å². The summed E-state index contributed by atoms with van der Waals surface area (Å²) in [6.07, 6.45) is 0.371. The molecule has 12 heteroatoms. The minimum atomic E-state index is -5.14. The second-order valence-electron chi connectivity index (χ2n) is 14.3. The summed E-state index contributed by atoms with van der Waals surface area (Å²) in [5.74, 6) is -3.10. The van der Waals surface area contributed by atoms with Crippen molar-refractivity contribution in [3.8, 4) is 6.07 Å². The van der Waals surface area contributed by atoms with E-state index in [1.165, 1.54) is 4.90 Å². The fraction of sp³-hybridized carbons (Fsp3) is 0.828. The van der Waals surface area contributed by atoms with Gasteiger partial charge < -0.3 is 20.9 Å². The van der Waals surface area contributed by atoms with E-state index < -0.39 is 53.4 Å². The molecule has 5 aliphatic carbocycles. The van der Waals surface area contributed by atoms with Gasteiger partial charge in [0, 0.05) is 24.4 Å². The quantitative estimate of drug-likeness (QED) is 0.427. The highest BCUT2D eigenvalue weighted by Crippen LogP contribution is 2.66.